The topological polar surface area (TPSA) is 184 Å². The highest BCUT2D eigenvalue weighted by Gasteiger charge is 2.34. The van der Waals surface area contributed by atoms with Crippen LogP contribution in [0.5, 0.6) is 0 Å². The Morgan fingerprint density at radius 1 is 0.912 bits per heavy atom. The van der Waals surface area contributed by atoms with Crippen molar-refractivity contribution in [2.45, 2.75) is 86.6 Å². The summed E-state index contributed by atoms with van der Waals surface area (Å²) in [5.41, 5.74) is 16.7. The molecule has 2 aromatic carbocycles. The number of aromatic amines is 1. The molecule has 15 heteroatoms. The van der Waals surface area contributed by atoms with Crippen molar-refractivity contribution in [3.05, 3.63) is 106 Å². The molecule has 0 fully saturated rings. The van der Waals surface area contributed by atoms with Crippen LogP contribution in [-0.4, -0.2) is 75.8 Å². The SMILES string of the molecule is Cc1cc(-c2cc(Cl)c3c(c2)CNC(=O)[C@H](Cc2c[nH]c4ccccc24)N(C)C(=O)[C@H](CCCCN)NC(=O)[C@H](CCCN)NCc2cccnc2S3)cc(F)n1. The van der Waals surface area contributed by atoms with Gasteiger partial charge in [-0.05, 0) is 110 Å². The maximum Gasteiger partial charge on any atom is 0.245 e. The van der Waals surface area contributed by atoms with E-state index in [1.807, 2.05) is 48.7 Å². The van der Waals surface area contributed by atoms with Crippen LogP contribution in [-0.2, 0) is 33.9 Å². The summed E-state index contributed by atoms with van der Waals surface area (Å²) in [4.78, 5) is 57.1. The Morgan fingerprint density at radius 3 is 2.47 bits per heavy atom. The molecule has 4 heterocycles. The fourth-order valence-electron chi connectivity index (χ4n) is 7.12. The summed E-state index contributed by atoms with van der Waals surface area (Å²) in [6, 6.07) is 15.7. The van der Waals surface area contributed by atoms with E-state index in [4.69, 9.17) is 23.1 Å². The number of H-pyrrole nitrogens is 1. The fraction of sp³-hybridized carbons (Fsp3) is 0.357. The van der Waals surface area contributed by atoms with Gasteiger partial charge in [0.05, 0.1) is 11.1 Å². The molecule has 0 saturated heterocycles. The van der Waals surface area contributed by atoms with Gasteiger partial charge in [-0.2, -0.15) is 4.39 Å². The van der Waals surface area contributed by atoms with Crippen molar-refractivity contribution >= 4 is 52.0 Å². The summed E-state index contributed by atoms with van der Waals surface area (Å²) in [6.45, 7) is 2.85. The van der Waals surface area contributed by atoms with Crippen molar-refractivity contribution in [1.82, 2.24) is 35.8 Å². The van der Waals surface area contributed by atoms with Crippen LogP contribution in [0.1, 0.15) is 54.5 Å². The number of benzene rings is 2. The first-order valence-corrected chi connectivity index (χ1v) is 20.4. The number of carbonyl (C=O) groups excluding carboxylic acids is 3. The van der Waals surface area contributed by atoms with Crippen LogP contribution in [0, 0.1) is 12.9 Å². The van der Waals surface area contributed by atoms with Gasteiger partial charge in [-0.25, -0.2) is 9.97 Å². The van der Waals surface area contributed by atoms with Crippen LogP contribution in [0.3, 0.4) is 0 Å². The summed E-state index contributed by atoms with van der Waals surface area (Å²) < 4.78 is 14.5. The highest BCUT2D eigenvalue weighted by atomic mass is 35.5. The molecule has 0 unspecified atom stereocenters. The minimum atomic E-state index is -0.971. The number of para-hydroxylation sites is 1. The molecular formula is C42H49ClFN9O3S. The third kappa shape index (κ3) is 10.4. The molecule has 12 nitrogen and oxygen atoms in total. The number of unbranched alkanes of at least 4 members (excludes halogenated alkanes) is 1. The Bertz CT molecular complexity index is 2200. The molecule has 1 aliphatic heterocycles. The van der Waals surface area contributed by atoms with Crippen LogP contribution in [0.15, 0.2) is 83.0 Å². The quantitative estimate of drug-likeness (QED) is 0.0796. The van der Waals surface area contributed by atoms with E-state index in [9.17, 15) is 18.8 Å². The van der Waals surface area contributed by atoms with Gasteiger partial charge in [0.25, 0.3) is 0 Å². The molecule has 3 atom stereocenters. The Balaban J connectivity index is 1.46. The number of halogens is 2. The maximum absolute atomic E-state index is 14.6. The van der Waals surface area contributed by atoms with Gasteiger partial charge < -0.3 is 37.3 Å². The standard InChI is InChI=1S/C42H49ClFN9O3S/c1-25-17-27(21-37(44)51-25)28-18-30-24-50-40(55)36(20-29-23-48-33-11-4-3-10-31(29)33)53(2)42(56)35(12-5-6-14-45)52-39(54)34(13-7-15-46)49-22-26-9-8-16-47-41(26)57-38(30)32(43)19-28/h3-4,8-11,16-19,21,23,34-36,48-49H,5-7,12-15,20,22,24,45-46H2,1-2H3,(H,50,55)(H,52,54)/t34-,35-,36-/m0/s1. The second-order valence-corrected chi connectivity index (χ2v) is 15.7. The number of fused-ring (bicyclic) bond motifs is 3. The average molecular weight is 814 g/mol. The predicted octanol–water partition coefficient (Wildman–Crippen LogP) is 5.39. The van der Waals surface area contributed by atoms with Gasteiger partial charge >= 0.3 is 0 Å². The van der Waals surface area contributed by atoms with Gasteiger partial charge in [0.15, 0.2) is 0 Å². The number of hydrogen-bond donors (Lipinski definition) is 6. The van der Waals surface area contributed by atoms with Crippen molar-refractivity contribution in [1.29, 1.82) is 0 Å². The maximum atomic E-state index is 14.6. The number of pyridine rings is 2. The zero-order valence-corrected chi connectivity index (χ0v) is 33.7. The Kier molecular flexibility index (Phi) is 14.3. The molecule has 6 rings (SSSR count). The van der Waals surface area contributed by atoms with Crippen molar-refractivity contribution in [2.75, 3.05) is 20.1 Å². The largest absolute Gasteiger partial charge is 0.361 e. The van der Waals surface area contributed by atoms with E-state index < -0.39 is 35.9 Å². The number of carbonyl (C=O) groups is 3. The monoisotopic (exact) mass is 813 g/mol. The van der Waals surface area contributed by atoms with Gasteiger partial charge in [0, 0.05) is 66.5 Å². The van der Waals surface area contributed by atoms with Gasteiger partial charge in [-0.15, -0.1) is 0 Å². The van der Waals surface area contributed by atoms with E-state index in [1.165, 1.54) is 22.7 Å². The molecule has 3 amide bonds. The third-order valence-electron chi connectivity index (χ3n) is 10.2. The first-order valence-electron chi connectivity index (χ1n) is 19.2. The zero-order valence-electron chi connectivity index (χ0n) is 32.1. The Labute approximate surface area is 341 Å². The summed E-state index contributed by atoms with van der Waals surface area (Å²) in [5, 5.41) is 11.5. The average Bonchev–Trinajstić information content (AvgIpc) is 3.61. The number of nitrogens with zero attached hydrogens (tertiary/aromatic N) is 3. The van der Waals surface area contributed by atoms with E-state index in [0.717, 1.165) is 22.0 Å². The normalized spacial score (nSPS) is 18.5. The number of nitrogens with two attached hydrogens (primary N) is 2. The molecule has 0 radical (unpaired) electrons. The molecule has 0 aliphatic carbocycles. The lowest BCUT2D eigenvalue weighted by molar-refractivity contribution is -0.142. The molecule has 5 aromatic rings. The molecule has 0 saturated carbocycles. The van der Waals surface area contributed by atoms with Gasteiger partial charge in [0.2, 0.25) is 23.7 Å². The number of aryl methyl sites for hydroxylation is 1. The summed E-state index contributed by atoms with van der Waals surface area (Å²) >= 11 is 8.41. The number of nitrogens with one attached hydrogen (secondary N) is 4. The van der Waals surface area contributed by atoms with Crippen molar-refractivity contribution in [3.8, 4) is 11.1 Å². The first-order chi connectivity index (χ1) is 27.6. The number of amides is 3. The van der Waals surface area contributed by atoms with E-state index in [0.29, 0.717) is 82.5 Å². The number of hydrogen-bond acceptors (Lipinski definition) is 9. The van der Waals surface area contributed by atoms with Gasteiger partial charge in [0.1, 0.15) is 17.1 Å². The summed E-state index contributed by atoms with van der Waals surface area (Å²) in [5.74, 6) is -1.76. The third-order valence-corrected chi connectivity index (χ3v) is 11.9. The van der Waals surface area contributed by atoms with Crippen molar-refractivity contribution in [3.63, 3.8) is 0 Å². The second kappa shape index (κ2) is 19.5. The molecule has 0 spiro atoms. The second-order valence-electron chi connectivity index (χ2n) is 14.3. The van der Waals surface area contributed by atoms with Gasteiger partial charge in [-0.3, -0.25) is 14.4 Å². The molecule has 3 aromatic heterocycles. The minimum Gasteiger partial charge on any atom is -0.361 e. The van der Waals surface area contributed by atoms with E-state index in [-0.39, 0.29) is 25.4 Å². The molecule has 57 heavy (non-hydrogen) atoms. The molecule has 300 valence electrons. The number of likely N-dealkylation sites (N-methyl/N-ethyl adjacent to an activating group) is 1. The van der Waals surface area contributed by atoms with Crippen molar-refractivity contribution in [2.24, 2.45) is 11.5 Å². The Hall–Kier alpha value is -4.86. The molecule has 1 aliphatic rings. The number of aromatic nitrogens is 3. The highest BCUT2D eigenvalue weighted by molar-refractivity contribution is 7.99. The van der Waals surface area contributed by atoms with Crippen LogP contribution >= 0.6 is 23.4 Å². The first kappa shape index (κ1) is 41.8. The lowest BCUT2D eigenvalue weighted by Gasteiger charge is -2.32. The highest BCUT2D eigenvalue weighted by Crippen LogP contribution is 2.40. The molecule has 0 bridgehead atoms. The predicted molar refractivity (Wildman–Crippen MR) is 222 cm³/mol. The van der Waals surface area contributed by atoms with Crippen LogP contribution in [0.2, 0.25) is 5.02 Å². The lowest BCUT2D eigenvalue weighted by atomic mass is 10.0. The molecule has 8 N–H and O–H groups in total. The summed E-state index contributed by atoms with van der Waals surface area (Å²) in [6.07, 6.45) is 6.33. The smallest absolute Gasteiger partial charge is 0.245 e. The van der Waals surface area contributed by atoms with Crippen LogP contribution in [0.25, 0.3) is 22.0 Å². The number of rotatable bonds is 10. The van der Waals surface area contributed by atoms with Crippen LogP contribution in [0.4, 0.5) is 4.39 Å². The Morgan fingerprint density at radius 2 is 1.68 bits per heavy atom. The van der Waals surface area contributed by atoms with Gasteiger partial charge in [-0.1, -0.05) is 47.6 Å². The fourth-order valence-corrected chi connectivity index (χ4v) is 8.47. The lowest BCUT2D eigenvalue weighted by Crippen LogP contribution is -2.57. The summed E-state index contributed by atoms with van der Waals surface area (Å²) in [7, 11) is 1.60. The van der Waals surface area contributed by atoms with E-state index in [1.54, 1.807) is 32.3 Å². The molecular weight excluding hydrogens is 765 g/mol. The van der Waals surface area contributed by atoms with E-state index >= 15 is 0 Å². The van der Waals surface area contributed by atoms with Crippen molar-refractivity contribution < 1.29 is 18.8 Å². The van der Waals surface area contributed by atoms with Crippen LogP contribution < -0.4 is 27.4 Å². The van der Waals surface area contributed by atoms with E-state index in [2.05, 4.69) is 30.9 Å². The zero-order chi connectivity index (χ0) is 40.5. The minimum absolute atomic E-state index is 0.0337.